The van der Waals surface area contributed by atoms with Crippen molar-refractivity contribution in [1.29, 1.82) is 0 Å². The molecule has 0 saturated carbocycles. The van der Waals surface area contributed by atoms with Gasteiger partial charge in [0.2, 0.25) is 0 Å². The van der Waals surface area contributed by atoms with Gasteiger partial charge in [-0.3, -0.25) is 15.2 Å². The van der Waals surface area contributed by atoms with Crippen LogP contribution in [-0.4, -0.2) is 39.1 Å². The molecular formula is C19H18N6O2. The van der Waals surface area contributed by atoms with E-state index >= 15 is 0 Å². The van der Waals surface area contributed by atoms with Crippen molar-refractivity contribution in [1.82, 2.24) is 19.9 Å². The van der Waals surface area contributed by atoms with Crippen molar-refractivity contribution >= 4 is 17.7 Å². The lowest BCUT2D eigenvalue weighted by molar-refractivity contribution is 0.256. The zero-order valence-corrected chi connectivity index (χ0v) is 14.8. The summed E-state index contributed by atoms with van der Waals surface area (Å²) >= 11 is 0. The van der Waals surface area contributed by atoms with Crippen molar-refractivity contribution < 1.29 is 9.53 Å². The highest BCUT2D eigenvalue weighted by atomic mass is 16.5. The number of nitrogens with one attached hydrogen (secondary N) is 1. The van der Waals surface area contributed by atoms with E-state index in [0.29, 0.717) is 37.0 Å². The average Bonchev–Trinajstić information content (AvgIpc) is 2.91. The molecule has 0 bridgehead atoms. The molecule has 0 aromatic carbocycles. The van der Waals surface area contributed by atoms with Crippen LogP contribution in [0.4, 0.5) is 16.4 Å². The monoisotopic (exact) mass is 362 g/mol. The van der Waals surface area contributed by atoms with Crippen LogP contribution < -0.4 is 15.0 Å². The number of hydrogen-bond acceptors (Lipinski definition) is 6. The van der Waals surface area contributed by atoms with E-state index in [9.17, 15) is 4.79 Å². The van der Waals surface area contributed by atoms with Gasteiger partial charge < -0.3 is 4.74 Å². The number of carbonyl (C=O) groups excluding carboxylic acids is 1. The minimum absolute atomic E-state index is 0.313. The van der Waals surface area contributed by atoms with Crippen molar-refractivity contribution in [2.75, 3.05) is 23.4 Å². The highest BCUT2D eigenvalue weighted by molar-refractivity contribution is 6.01. The Labute approximate surface area is 156 Å². The Bertz CT molecular complexity index is 946. The first-order valence-corrected chi connectivity index (χ1v) is 8.62. The van der Waals surface area contributed by atoms with Gasteiger partial charge in [-0.25, -0.2) is 19.7 Å². The molecule has 1 aliphatic heterocycles. The van der Waals surface area contributed by atoms with Crippen LogP contribution in [0.2, 0.25) is 0 Å². The third-order valence-electron chi connectivity index (χ3n) is 4.15. The van der Waals surface area contributed by atoms with Gasteiger partial charge in [0.1, 0.15) is 12.1 Å². The molecule has 1 aliphatic rings. The third-order valence-corrected chi connectivity index (χ3v) is 4.15. The molecule has 1 N–H and O–H groups in total. The number of carbonyl (C=O) groups is 1. The molecule has 4 rings (SSSR count). The topological polar surface area (TPSA) is 93.1 Å². The second-order valence-electron chi connectivity index (χ2n) is 6.08. The normalized spacial score (nSPS) is 13.3. The number of aryl methyl sites for hydroxylation is 1. The SMILES string of the molecule is Cc1ccc(-c2ccc3c(n2)N(C(=O)Nc2ccncn2)CCCO3)cn1. The molecule has 27 heavy (non-hydrogen) atoms. The number of rotatable bonds is 2. The van der Waals surface area contributed by atoms with Crippen LogP contribution in [0.25, 0.3) is 11.3 Å². The number of hydrogen-bond donors (Lipinski definition) is 1. The predicted octanol–water partition coefficient (Wildman–Crippen LogP) is 3.06. The van der Waals surface area contributed by atoms with Crippen molar-refractivity contribution in [2.24, 2.45) is 0 Å². The molecule has 0 fully saturated rings. The lowest BCUT2D eigenvalue weighted by Gasteiger charge is -2.21. The Morgan fingerprint density at radius 1 is 1.19 bits per heavy atom. The second kappa shape index (κ2) is 7.36. The molecule has 0 unspecified atom stereocenters. The quantitative estimate of drug-likeness (QED) is 0.753. The minimum Gasteiger partial charge on any atom is -0.490 e. The van der Waals surface area contributed by atoms with E-state index < -0.39 is 0 Å². The molecular weight excluding hydrogens is 344 g/mol. The number of aromatic nitrogens is 4. The molecule has 0 saturated heterocycles. The van der Waals surface area contributed by atoms with Crippen molar-refractivity contribution in [3.8, 4) is 17.0 Å². The zero-order chi connectivity index (χ0) is 18.6. The highest BCUT2D eigenvalue weighted by Gasteiger charge is 2.24. The maximum Gasteiger partial charge on any atom is 0.328 e. The van der Waals surface area contributed by atoms with Gasteiger partial charge in [-0.15, -0.1) is 0 Å². The van der Waals surface area contributed by atoms with Gasteiger partial charge >= 0.3 is 6.03 Å². The number of amides is 2. The first kappa shape index (κ1) is 16.9. The molecule has 4 heterocycles. The molecule has 0 radical (unpaired) electrons. The highest BCUT2D eigenvalue weighted by Crippen LogP contribution is 2.32. The van der Waals surface area contributed by atoms with Gasteiger partial charge in [0, 0.05) is 30.2 Å². The van der Waals surface area contributed by atoms with E-state index in [0.717, 1.165) is 17.0 Å². The lowest BCUT2D eigenvalue weighted by atomic mass is 10.1. The molecule has 8 nitrogen and oxygen atoms in total. The van der Waals surface area contributed by atoms with Crippen LogP contribution in [0, 0.1) is 6.92 Å². The van der Waals surface area contributed by atoms with Gasteiger partial charge in [-0.1, -0.05) is 0 Å². The molecule has 8 heteroatoms. The maximum absolute atomic E-state index is 12.8. The predicted molar refractivity (Wildman–Crippen MR) is 101 cm³/mol. The first-order valence-electron chi connectivity index (χ1n) is 8.62. The fourth-order valence-electron chi connectivity index (χ4n) is 2.77. The van der Waals surface area contributed by atoms with E-state index in [1.54, 1.807) is 23.4 Å². The standard InChI is InChI=1S/C19H18N6O2/c1-13-3-4-14(11-21-13)15-5-6-16-18(23-15)25(9-2-10-27-16)19(26)24-17-7-8-20-12-22-17/h3-8,11-12H,2,9-10H2,1H3,(H,20,22,24,26). The van der Waals surface area contributed by atoms with Crippen LogP contribution >= 0.6 is 0 Å². The average molecular weight is 362 g/mol. The second-order valence-corrected chi connectivity index (χ2v) is 6.08. The Balaban J connectivity index is 1.67. The molecule has 0 atom stereocenters. The Kier molecular flexibility index (Phi) is 4.61. The van der Waals surface area contributed by atoms with E-state index in [1.165, 1.54) is 6.33 Å². The van der Waals surface area contributed by atoms with E-state index in [2.05, 4.69) is 25.3 Å². The number of ether oxygens (including phenoxy) is 1. The summed E-state index contributed by atoms with van der Waals surface area (Å²) in [5.41, 5.74) is 2.54. The van der Waals surface area contributed by atoms with Gasteiger partial charge in [-0.2, -0.15) is 0 Å². The Morgan fingerprint density at radius 3 is 2.89 bits per heavy atom. The summed E-state index contributed by atoms with van der Waals surface area (Å²) in [5, 5.41) is 2.77. The third kappa shape index (κ3) is 3.69. The van der Waals surface area contributed by atoms with E-state index in [-0.39, 0.29) is 6.03 Å². The van der Waals surface area contributed by atoms with Crippen LogP contribution in [0.1, 0.15) is 12.1 Å². The molecule has 2 amide bonds. The van der Waals surface area contributed by atoms with Crippen molar-refractivity contribution in [3.05, 3.63) is 54.7 Å². The maximum atomic E-state index is 12.8. The van der Waals surface area contributed by atoms with Gasteiger partial charge in [0.15, 0.2) is 11.6 Å². The number of pyridine rings is 2. The first-order chi connectivity index (χ1) is 13.2. The minimum atomic E-state index is -0.313. The van der Waals surface area contributed by atoms with Crippen LogP contribution in [0.3, 0.4) is 0 Å². The number of fused-ring (bicyclic) bond motifs is 1. The lowest BCUT2D eigenvalue weighted by Crippen LogP contribution is -2.36. The van der Waals surface area contributed by atoms with Crippen LogP contribution in [0.5, 0.6) is 5.75 Å². The zero-order valence-electron chi connectivity index (χ0n) is 14.8. The van der Waals surface area contributed by atoms with Crippen molar-refractivity contribution in [3.63, 3.8) is 0 Å². The smallest absolute Gasteiger partial charge is 0.328 e. The molecule has 0 spiro atoms. The van der Waals surface area contributed by atoms with Gasteiger partial charge in [0.05, 0.1) is 12.3 Å². The van der Waals surface area contributed by atoms with E-state index in [1.807, 2.05) is 31.2 Å². The molecule has 3 aromatic rings. The number of anilines is 2. The van der Waals surface area contributed by atoms with Crippen molar-refractivity contribution in [2.45, 2.75) is 13.3 Å². The summed E-state index contributed by atoms with van der Waals surface area (Å²) in [6.45, 7) is 2.95. The van der Waals surface area contributed by atoms with Gasteiger partial charge in [-0.05, 0) is 43.7 Å². The molecule has 136 valence electrons. The van der Waals surface area contributed by atoms with Gasteiger partial charge in [0.25, 0.3) is 0 Å². The largest absolute Gasteiger partial charge is 0.490 e. The number of urea groups is 1. The molecule has 3 aromatic heterocycles. The summed E-state index contributed by atoms with van der Waals surface area (Å²) in [4.78, 5) is 31.3. The van der Waals surface area contributed by atoms with Crippen LogP contribution in [0.15, 0.2) is 49.1 Å². The fourth-order valence-corrected chi connectivity index (χ4v) is 2.77. The summed E-state index contributed by atoms with van der Waals surface area (Å²) < 4.78 is 5.76. The van der Waals surface area contributed by atoms with Crippen LogP contribution in [-0.2, 0) is 0 Å². The number of nitrogens with zero attached hydrogens (tertiary/aromatic N) is 5. The summed E-state index contributed by atoms with van der Waals surface area (Å²) in [6.07, 6.45) is 5.43. The Hall–Kier alpha value is -3.55. The summed E-state index contributed by atoms with van der Waals surface area (Å²) in [5.74, 6) is 1.49. The van der Waals surface area contributed by atoms with E-state index in [4.69, 9.17) is 4.74 Å². The summed E-state index contributed by atoms with van der Waals surface area (Å²) in [7, 11) is 0. The fraction of sp³-hybridized carbons (Fsp3) is 0.211. The Morgan fingerprint density at radius 2 is 2.11 bits per heavy atom. The molecule has 0 aliphatic carbocycles. The summed E-state index contributed by atoms with van der Waals surface area (Å²) in [6, 6.07) is 8.92.